The lowest BCUT2D eigenvalue weighted by molar-refractivity contribution is 0.167. The van der Waals surface area contributed by atoms with Crippen LogP contribution in [0.3, 0.4) is 0 Å². The first-order chi connectivity index (χ1) is 10.5. The minimum Gasteiger partial charge on any atom is -0.388 e. The van der Waals surface area contributed by atoms with Crippen LogP contribution >= 0.6 is 11.6 Å². The monoisotopic (exact) mass is 322 g/mol. The first-order valence-electron chi connectivity index (χ1n) is 6.78. The zero-order chi connectivity index (χ0) is 15.9. The summed E-state index contributed by atoms with van der Waals surface area (Å²) in [6.07, 6.45) is -0.429. The van der Waals surface area contributed by atoms with Crippen LogP contribution in [-0.2, 0) is 0 Å². The second-order valence-corrected chi connectivity index (χ2v) is 5.18. The third-order valence-corrected chi connectivity index (χ3v) is 3.28. The molecular formula is C16H16ClFN2O2. The second kappa shape index (κ2) is 7.77. The van der Waals surface area contributed by atoms with E-state index in [0.29, 0.717) is 22.7 Å². The molecule has 0 aliphatic rings. The number of nitrogens with one attached hydrogen (secondary N) is 2. The van der Waals surface area contributed by atoms with Crippen molar-refractivity contribution in [3.05, 3.63) is 64.9 Å². The quantitative estimate of drug-likeness (QED) is 0.785. The van der Waals surface area contributed by atoms with Crippen molar-refractivity contribution in [1.82, 2.24) is 5.32 Å². The molecule has 6 heteroatoms. The molecule has 2 amide bonds. The zero-order valence-corrected chi connectivity index (χ0v) is 12.5. The van der Waals surface area contributed by atoms with E-state index in [1.165, 1.54) is 24.3 Å². The maximum atomic E-state index is 12.8. The molecule has 1 unspecified atom stereocenters. The van der Waals surface area contributed by atoms with Crippen LogP contribution in [0.25, 0.3) is 0 Å². The molecule has 0 fully saturated rings. The zero-order valence-electron chi connectivity index (χ0n) is 11.7. The Hall–Kier alpha value is -2.11. The molecule has 0 spiro atoms. The van der Waals surface area contributed by atoms with Gasteiger partial charge in [-0.05, 0) is 42.3 Å². The molecule has 0 aliphatic heterocycles. The Morgan fingerprint density at radius 2 is 1.95 bits per heavy atom. The van der Waals surface area contributed by atoms with Gasteiger partial charge in [0.1, 0.15) is 5.82 Å². The molecule has 0 saturated heterocycles. The Morgan fingerprint density at radius 3 is 2.64 bits per heavy atom. The van der Waals surface area contributed by atoms with E-state index in [2.05, 4.69) is 10.6 Å². The summed E-state index contributed by atoms with van der Waals surface area (Å²) >= 11 is 5.82. The number of halogens is 2. The van der Waals surface area contributed by atoms with Gasteiger partial charge in [-0.25, -0.2) is 9.18 Å². The van der Waals surface area contributed by atoms with Gasteiger partial charge in [-0.3, -0.25) is 0 Å². The van der Waals surface area contributed by atoms with Crippen molar-refractivity contribution in [2.45, 2.75) is 12.5 Å². The van der Waals surface area contributed by atoms with Gasteiger partial charge in [0, 0.05) is 17.3 Å². The highest BCUT2D eigenvalue weighted by molar-refractivity contribution is 6.30. The average molecular weight is 323 g/mol. The Kier molecular flexibility index (Phi) is 5.75. The molecular weight excluding hydrogens is 307 g/mol. The van der Waals surface area contributed by atoms with E-state index in [-0.39, 0.29) is 18.4 Å². The molecule has 1 atom stereocenters. The minimum absolute atomic E-state index is 0.283. The van der Waals surface area contributed by atoms with Crippen LogP contribution in [0.15, 0.2) is 48.5 Å². The number of carbonyl (C=O) groups is 1. The lowest BCUT2D eigenvalue weighted by atomic mass is 10.1. The van der Waals surface area contributed by atoms with Crippen molar-refractivity contribution < 1.29 is 14.3 Å². The molecule has 2 rings (SSSR count). The van der Waals surface area contributed by atoms with Crippen LogP contribution in [0.1, 0.15) is 18.1 Å². The third kappa shape index (κ3) is 5.02. The molecule has 3 N–H and O–H groups in total. The number of urea groups is 1. The Labute approximate surface area is 132 Å². The largest absolute Gasteiger partial charge is 0.388 e. The van der Waals surface area contributed by atoms with E-state index in [4.69, 9.17) is 11.6 Å². The number of hydrogen-bond donors (Lipinski definition) is 3. The van der Waals surface area contributed by atoms with Gasteiger partial charge in [0.05, 0.1) is 6.10 Å². The minimum atomic E-state index is -0.757. The maximum Gasteiger partial charge on any atom is 0.319 e. The summed E-state index contributed by atoms with van der Waals surface area (Å²) in [5, 5.41) is 15.7. The van der Waals surface area contributed by atoms with Crippen molar-refractivity contribution in [2.24, 2.45) is 0 Å². The molecule has 22 heavy (non-hydrogen) atoms. The van der Waals surface area contributed by atoms with Gasteiger partial charge in [-0.15, -0.1) is 0 Å². The Bertz CT molecular complexity index is 634. The van der Waals surface area contributed by atoms with E-state index in [1.807, 2.05) is 0 Å². The Morgan fingerprint density at radius 1 is 1.23 bits per heavy atom. The first kappa shape index (κ1) is 16.3. The van der Waals surface area contributed by atoms with Crippen LogP contribution in [0, 0.1) is 5.82 Å². The molecule has 0 radical (unpaired) electrons. The summed E-state index contributed by atoms with van der Waals surface area (Å²) in [6, 6.07) is 12.0. The first-order valence-corrected chi connectivity index (χ1v) is 7.16. The highest BCUT2D eigenvalue weighted by Crippen LogP contribution is 2.17. The van der Waals surface area contributed by atoms with Crippen molar-refractivity contribution in [2.75, 3.05) is 11.9 Å². The van der Waals surface area contributed by atoms with E-state index in [0.717, 1.165) is 0 Å². The van der Waals surface area contributed by atoms with Crippen molar-refractivity contribution in [3.63, 3.8) is 0 Å². The number of aliphatic hydroxyl groups is 1. The summed E-state index contributed by atoms with van der Waals surface area (Å²) in [5.41, 5.74) is 1.20. The van der Waals surface area contributed by atoms with Gasteiger partial charge in [0.15, 0.2) is 0 Å². The lowest BCUT2D eigenvalue weighted by Gasteiger charge is -2.12. The van der Waals surface area contributed by atoms with Crippen LogP contribution in [-0.4, -0.2) is 17.7 Å². The molecule has 116 valence electrons. The number of aliphatic hydroxyl groups excluding tert-OH is 1. The number of carbonyl (C=O) groups excluding carboxylic acids is 1. The predicted molar refractivity (Wildman–Crippen MR) is 84.5 cm³/mol. The molecule has 2 aromatic rings. The van der Waals surface area contributed by atoms with Crippen LogP contribution in [0.5, 0.6) is 0 Å². The fourth-order valence-corrected chi connectivity index (χ4v) is 2.11. The van der Waals surface area contributed by atoms with E-state index >= 15 is 0 Å². The molecule has 0 saturated carbocycles. The summed E-state index contributed by atoms with van der Waals surface area (Å²) in [6.45, 7) is 0.283. The Balaban J connectivity index is 1.76. The number of amides is 2. The SMILES string of the molecule is O=C(NCCC(O)c1ccc(F)cc1)Nc1cccc(Cl)c1. The number of anilines is 1. The second-order valence-electron chi connectivity index (χ2n) is 4.75. The van der Waals surface area contributed by atoms with Gasteiger partial charge in [-0.2, -0.15) is 0 Å². The predicted octanol–water partition coefficient (Wildman–Crippen LogP) is 3.72. The fourth-order valence-electron chi connectivity index (χ4n) is 1.92. The molecule has 0 aromatic heterocycles. The summed E-state index contributed by atoms with van der Waals surface area (Å²) in [7, 11) is 0. The highest BCUT2D eigenvalue weighted by atomic mass is 35.5. The number of hydrogen-bond acceptors (Lipinski definition) is 2. The van der Waals surface area contributed by atoms with Crippen LogP contribution in [0.2, 0.25) is 5.02 Å². The normalized spacial score (nSPS) is 11.8. The standard InChI is InChI=1S/C16H16ClFN2O2/c17-12-2-1-3-14(10-12)20-16(22)19-9-8-15(21)11-4-6-13(18)7-5-11/h1-7,10,15,21H,8-9H2,(H2,19,20,22). The molecule has 0 bridgehead atoms. The topological polar surface area (TPSA) is 61.4 Å². The van der Waals surface area contributed by atoms with Crippen molar-refractivity contribution >= 4 is 23.3 Å². The van der Waals surface area contributed by atoms with Gasteiger partial charge in [0.25, 0.3) is 0 Å². The molecule has 4 nitrogen and oxygen atoms in total. The fraction of sp³-hybridized carbons (Fsp3) is 0.188. The maximum absolute atomic E-state index is 12.8. The summed E-state index contributed by atoms with van der Waals surface area (Å²) in [4.78, 5) is 11.7. The summed E-state index contributed by atoms with van der Waals surface area (Å²) in [5.74, 6) is -0.352. The van der Waals surface area contributed by atoms with Crippen LogP contribution < -0.4 is 10.6 Å². The number of benzene rings is 2. The van der Waals surface area contributed by atoms with E-state index in [9.17, 15) is 14.3 Å². The summed E-state index contributed by atoms with van der Waals surface area (Å²) < 4.78 is 12.8. The third-order valence-electron chi connectivity index (χ3n) is 3.04. The van der Waals surface area contributed by atoms with E-state index < -0.39 is 6.10 Å². The van der Waals surface area contributed by atoms with Gasteiger partial charge in [0.2, 0.25) is 0 Å². The van der Waals surface area contributed by atoms with Gasteiger partial charge in [-0.1, -0.05) is 29.8 Å². The van der Waals surface area contributed by atoms with Crippen molar-refractivity contribution in [1.29, 1.82) is 0 Å². The lowest BCUT2D eigenvalue weighted by Crippen LogP contribution is -2.30. The molecule has 0 aliphatic carbocycles. The van der Waals surface area contributed by atoms with Gasteiger partial charge < -0.3 is 15.7 Å². The van der Waals surface area contributed by atoms with Crippen LogP contribution in [0.4, 0.5) is 14.9 Å². The average Bonchev–Trinajstić information content (AvgIpc) is 2.47. The highest BCUT2D eigenvalue weighted by Gasteiger charge is 2.08. The number of rotatable bonds is 5. The smallest absolute Gasteiger partial charge is 0.319 e. The van der Waals surface area contributed by atoms with Gasteiger partial charge >= 0.3 is 6.03 Å². The van der Waals surface area contributed by atoms with E-state index in [1.54, 1.807) is 24.3 Å². The molecule has 0 heterocycles. The van der Waals surface area contributed by atoms with Crippen molar-refractivity contribution in [3.8, 4) is 0 Å². The molecule has 2 aromatic carbocycles.